The minimum atomic E-state index is -1.01. The average Bonchev–Trinajstić information content (AvgIpc) is 2.35. The fourth-order valence-electron chi connectivity index (χ4n) is 1.51. The molecule has 1 rings (SSSR count). The molecule has 0 fully saturated rings. The van der Waals surface area contributed by atoms with E-state index in [0.29, 0.717) is 12.1 Å². The molecule has 0 aromatic heterocycles. The quantitative estimate of drug-likeness (QED) is 0.725. The van der Waals surface area contributed by atoms with Gasteiger partial charge < -0.3 is 15.7 Å². The van der Waals surface area contributed by atoms with Crippen molar-refractivity contribution in [2.24, 2.45) is 0 Å². The molecule has 3 N–H and O–H groups in total. The number of carboxylic acid groups (broad SMARTS) is 1. The summed E-state index contributed by atoms with van der Waals surface area (Å²) in [5.41, 5.74) is 0.634. The van der Waals surface area contributed by atoms with Gasteiger partial charge >= 0.3 is 12.0 Å². The van der Waals surface area contributed by atoms with E-state index in [9.17, 15) is 9.59 Å². The Morgan fingerprint density at radius 2 is 1.94 bits per heavy atom. The van der Waals surface area contributed by atoms with Gasteiger partial charge in [-0.15, -0.1) is 0 Å². The normalized spacial score (nSPS) is 11.6. The largest absolute Gasteiger partial charge is 0.480 e. The van der Waals surface area contributed by atoms with Gasteiger partial charge in [0.2, 0.25) is 0 Å². The molecule has 5 heteroatoms. The maximum Gasteiger partial charge on any atom is 0.326 e. The Morgan fingerprint density at radius 3 is 2.50 bits per heavy atom. The number of carbonyl (C=O) groups excluding carboxylic acids is 1. The highest BCUT2D eigenvalue weighted by Crippen LogP contribution is 2.05. The molecule has 0 saturated heterocycles. The number of benzene rings is 1. The van der Waals surface area contributed by atoms with Crippen LogP contribution >= 0.6 is 0 Å². The van der Waals surface area contributed by atoms with Crippen LogP contribution in [0.25, 0.3) is 0 Å². The number of rotatable bonds is 6. The Morgan fingerprint density at radius 1 is 1.28 bits per heavy atom. The maximum atomic E-state index is 11.6. The zero-order valence-corrected chi connectivity index (χ0v) is 10.3. The molecule has 0 heterocycles. The van der Waals surface area contributed by atoms with Crippen LogP contribution in [0.3, 0.4) is 0 Å². The van der Waals surface area contributed by atoms with E-state index in [1.165, 1.54) is 0 Å². The van der Waals surface area contributed by atoms with Crippen LogP contribution < -0.4 is 10.6 Å². The molecular formula is C13H18N2O3. The van der Waals surface area contributed by atoms with Gasteiger partial charge in [0.15, 0.2) is 0 Å². The smallest absolute Gasteiger partial charge is 0.326 e. The number of nitrogens with one attached hydrogen (secondary N) is 2. The Balaban J connectivity index is 2.48. The van der Waals surface area contributed by atoms with Gasteiger partial charge in [-0.05, 0) is 18.6 Å². The van der Waals surface area contributed by atoms with Crippen molar-refractivity contribution in [3.63, 3.8) is 0 Å². The average molecular weight is 250 g/mol. The van der Waals surface area contributed by atoms with Crippen molar-refractivity contribution < 1.29 is 14.7 Å². The summed E-state index contributed by atoms with van der Waals surface area (Å²) in [4.78, 5) is 22.6. The molecule has 0 saturated carbocycles. The molecule has 5 nitrogen and oxygen atoms in total. The van der Waals surface area contributed by atoms with Gasteiger partial charge in [0.05, 0.1) is 0 Å². The number of anilines is 1. The first-order valence-corrected chi connectivity index (χ1v) is 5.99. The van der Waals surface area contributed by atoms with Crippen molar-refractivity contribution in [1.82, 2.24) is 5.32 Å². The summed E-state index contributed by atoms with van der Waals surface area (Å²) >= 11 is 0. The van der Waals surface area contributed by atoms with Crippen LogP contribution in [0, 0.1) is 0 Å². The molecular weight excluding hydrogens is 232 g/mol. The second kappa shape index (κ2) is 7.32. The number of carbonyl (C=O) groups is 2. The SMILES string of the molecule is CCCC[C@H](NC(=O)Nc1ccccc1)C(=O)O. The fraction of sp³-hybridized carbons (Fsp3) is 0.385. The first-order valence-electron chi connectivity index (χ1n) is 5.99. The molecule has 1 atom stereocenters. The van der Waals surface area contributed by atoms with Gasteiger partial charge in [0.1, 0.15) is 6.04 Å². The van der Waals surface area contributed by atoms with Crippen LogP contribution in [0.15, 0.2) is 30.3 Å². The zero-order chi connectivity index (χ0) is 13.4. The predicted octanol–water partition coefficient (Wildman–Crippen LogP) is 2.45. The molecule has 0 unspecified atom stereocenters. The van der Waals surface area contributed by atoms with E-state index in [1.807, 2.05) is 13.0 Å². The lowest BCUT2D eigenvalue weighted by Crippen LogP contribution is -2.42. The maximum absolute atomic E-state index is 11.6. The molecule has 0 aliphatic rings. The minimum Gasteiger partial charge on any atom is -0.480 e. The summed E-state index contributed by atoms with van der Waals surface area (Å²) in [5.74, 6) is -1.01. The third kappa shape index (κ3) is 4.86. The summed E-state index contributed by atoms with van der Waals surface area (Å²) < 4.78 is 0. The number of urea groups is 1. The lowest BCUT2D eigenvalue weighted by molar-refractivity contribution is -0.139. The minimum absolute atomic E-state index is 0.439. The van der Waals surface area contributed by atoms with Gasteiger partial charge in [0.25, 0.3) is 0 Å². The molecule has 0 bridgehead atoms. The van der Waals surface area contributed by atoms with Crippen molar-refractivity contribution in [1.29, 1.82) is 0 Å². The van der Waals surface area contributed by atoms with E-state index in [4.69, 9.17) is 5.11 Å². The molecule has 2 amide bonds. The van der Waals surface area contributed by atoms with Gasteiger partial charge in [-0.1, -0.05) is 38.0 Å². The Labute approximate surface area is 106 Å². The van der Waals surface area contributed by atoms with Gasteiger partial charge in [-0.25, -0.2) is 9.59 Å². The van der Waals surface area contributed by atoms with Crippen molar-refractivity contribution in [2.75, 3.05) is 5.32 Å². The van der Waals surface area contributed by atoms with Crippen LogP contribution in [0.2, 0.25) is 0 Å². The van der Waals surface area contributed by atoms with Crippen molar-refractivity contribution >= 4 is 17.7 Å². The van der Waals surface area contributed by atoms with Gasteiger partial charge in [0, 0.05) is 5.69 Å². The molecule has 1 aromatic carbocycles. The molecule has 0 radical (unpaired) electrons. The summed E-state index contributed by atoms with van der Waals surface area (Å²) in [5, 5.41) is 14.0. The number of hydrogen-bond donors (Lipinski definition) is 3. The van der Waals surface area contributed by atoms with E-state index in [2.05, 4.69) is 10.6 Å². The monoisotopic (exact) mass is 250 g/mol. The topological polar surface area (TPSA) is 78.4 Å². The van der Waals surface area contributed by atoms with Crippen molar-refractivity contribution in [3.8, 4) is 0 Å². The number of carboxylic acids is 1. The highest BCUT2D eigenvalue weighted by Gasteiger charge is 2.18. The lowest BCUT2D eigenvalue weighted by Gasteiger charge is -2.14. The standard InChI is InChI=1S/C13H18N2O3/c1-2-3-9-11(12(16)17)15-13(18)14-10-7-5-4-6-8-10/h4-8,11H,2-3,9H2,1H3,(H,16,17)(H2,14,15,18)/t11-/m0/s1. The summed E-state index contributed by atoms with van der Waals surface area (Å²) in [7, 11) is 0. The number of para-hydroxylation sites is 1. The zero-order valence-electron chi connectivity index (χ0n) is 10.3. The van der Waals surface area contributed by atoms with Crippen LogP contribution in [-0.4, -0.2) is 23.1 Å². The highest BCUT2D eigenvalue weighted by molar-refractivity contribution is 5.92. The third-order valence-corrected chi connectivity index (χ3v) is 2.48. The van der Waals surface area contributed by atoms with Crippen LogP contribution in [0.1, 0.15) is 26.2 Å². The summed E-state index contributed by atoms with van der Waals surface area (Å²) in [6, 6.07) is 7.56. The van der Waals surface area contributed by atoms with E-state index < -0.39 is 18.0 Å². The second-order valence-electron chi connectivity index (χ2n) is 4.00. The fourth-order valence-corrected chi connectivity index (χ4v) is 1.51. The van der Waals surface area contributed by atoms with Crippen LogP contribution in [-0.2, 0) is 4.79 Å². The number of hydrogen-bond acceptors (Lipinski definition) is 2. The first-order chi connectivity index (χ1) is 8.63. The number of amides is 2. The van der Waals surface area contributed by atoms with Crippen LogP contribution in [0.4, 0.5) is 10.5 Å². The van der Waals surface area contributed by atoms with E-state index in [0.717, 1.165) is 12.8 Å². The highest BCUT2D eigenvalue weighted by atomic mass is 16.4. The molecule has 18 heavy (non-hydrogen) atoms. The Hall–Kier alpha value is -2.04. The lowest BCUT2D eigenvalue weighted by atomic mass is 10.1. The Bertz CT molecular complexity index is 392. The van der Waals surface area contributed by atoms with Crippen LogP contribution in [0.5, 0.6) is 0 Å². The molecule has 0 aliphatic heterocycles. The second-order valence-corrected chi connectivity index (χ2v) is 4.00. The molecule has 0 spiro atoms. The number of unbranched alkanes of at least 4 members (excludes halogenated alkanes) is 1. The third-order valence-electron chi connectivity index (χ3n) is 2.48. The molecule has 98 valence electrons. The molecule has 0 aliphatic carbocycles. The van der Waals surface area contributed by atoms with Gasteiger partial charge in [-0.3, -0.25) is 0 Å². The molecule has 1 aromatic rings. The van der Waals surface area contributed by atoms with E-state index in [-0.39, 0.29) is 0 Å². The predicted molar refractivity (Wildman–Crippen MR) is 69.5 cm³/mol. The summed E-state index contributed by atoms with van der Waals surface area (Å²) in [6.45, 7) is 1.98. The van der Waals surface area contributed by atoms with Crippen molar-refractivity contribution in [3.05, 3.63) is 30.3 Å². The van der Waals surface area contributed by atoms with Crippen molar-refractivity contribution in [2.45, 2.75) is 32.2 Å². The van der Waals surface area contributed by atoms with E-state index >= 15 is 0 Å². The first kappa shape index (κ1) is 14.0. The van der Waals surface area contributed by atoms with Gasteiger partial charge in [-0.2, -0.15) is 0 Å². The Kier molecular flexibility index (Phi) is 5.70. The van der Waals surface area contributed by atoms with E-state index in [1.54, 1.807) is 24.3 Å². The number of aliphatic carboxylic acids is 1. The summed E-state index contributed by atoms with van der Waals surface area (Å²) in [6.07, 6.45) is 2.10.